The SMILES string of the molecule is Cc1ccc(S(=O)(=O)n2cc(C3(O)CCC3)c3cc(Br)cnc32)cc1. The van der Waals surface area contributed by atoms with Crippen LogP contribution in [0.4, 0.5) is 0 Å². The molecule has 0 bridgehead atoms. The predicted molar refractivity (Wildman–Crippen MR) is 98.9 cm³/mol. The quantitative estimate of drug-likeness (QED) is 0.700. The molecule has 25 heavy (non-hydrogen) atoms. The molecule has 1 aromatic carbocycles. The lowest BCUT2D eigenvalue weighted by atomic mass is 9.75. The molecule has 7 heteroatoms. The minimum absolute atomic E-state index is 0.201. The Kier molecular flexibility index (Phi) is 3.79. The van der Waals surface area contributed by atoms with Gasteiger partial charge in [0.25, 0.3) is 10.0 Å². The van der Waals surface area contributed by atoms with Gasteiger partial charge in [-0.25, -0.2) is 17.4 Å². The first-order valence-electron chi connectivity index (χ1n) is 8.03. The lowest BCUT2D eigenvalue weighted by molar-refractivity contribution is -0.0374. The molecule has 1 saturated carbocycles. The van der Waals surface area contributed by atoms with Gasteiger partial charge in [-0.2, -0.15) is 0 Å². The molecule has 1 N–H and O–H groups in total. The van der Waals surface area contributed by atoms with E-state index < -0.39 is 15.6 Å². The van der Waals surface area contributed by atoms with E-state index in [-0.39, 0.29) is 4.90 Å². The van der Waals surface area contributed by atoms with Crippen molar-refractivity contribution in [1.82, 2.24) is 8.96 Å². The van der Waals surface area contributed by atoms with Crippen LogP contribution >= 0.6 is 15.9 Å². The van der Waals surface area contributed by atoms with Crippen LogP contribution < -0.4 is 0 Å². The van der Waals surface area contributed by atoms with Gasteiger partial charge in [-0.15, -0.1) is 0 Å². The monoisotopic (exact) mass is 420 g/mol. The molecule has 1 aliphatic rings. The van der Waals surface area contributed by atoms with Gasteiger partial charge < -0.3 is 5.11 Å². The van der Waals surface area contributed by atoms with Gasteiger partial charge in [0, 0.05) is 27.8 Å². The largest absolute Gasteiger partial charge is 0.385 e. The number of pyridine rings is 1. The Labute approximate surface area is 154 Å². The van der Waals surface area contributed by atoms with Crippen LogP contribution in [0.3, 0.4) is 0 Å². The average Bonchev–Trinajstić information content (AvgIpc) is 2.92. The molecule has 0 spiro atoms. The molecule has 0 amide bonds. The molecule has 0 saturated heterocycles. The summed E-state index contributed by atoms with van der Waals surface area (Å²) in [5.41, 5.74) is 0.967. The van der Waals surface area contributed by atoms with E-state index >= 15 is 0 Å². The predicted octanol–water partition coefficient (Wildman–Crippen LogP) is 3.72. The lowest BCUT2D eigenvalue weighted by Gasteiger charge is -2.36. The van der Waals surface area contributed by atoms with Gasteiger partial charge in [0.1, 0.15) is 0 Å². The smallest absolute Gasteiger partial charge is 0.269 e. The molecule has 2 heterocycles. The van der Waals surface area contributed by atoms with Crippen molar-refractivity contribution in [1.29, 1.82) is 0 Å². The highest BCUT2D eigenvalue weighted by Gasteiger charge is 2.40. The third kappa shape index (κ3) is 2.61. The van der Waals surface area contributed by atoms with Gasteiger partial charge in [-0.05, 0) is 60.3 Å². The molecule has 2 aromatic heterocycles. The summed E-state index contributed by atoms with van der Waals surface area (Å²) in [6.07, 6.45) is 5.28. The van der Waals surface area contributed by atoms with Gasteiger partial charge in [-0.1, -0.05) is 17.7 Å². The molecule has 3 aromatic rings. The Morgan fingerprint density at radius 2 is 1.92 bits per heavy atom. The highest BCUT2D eigenvalue weighted by molar-refractivity contribution is 9.10. The molecule has 0 aliphatic heterocycles. The van der Waals surface area contributed by atoms with Gasteiger partial charge in [0.05, 0.1) is 10.5 Å². The highest BCUT2D eigenvalue weighted by Crippen LogP contribution is 2.45. The maximum absolute atomic E-state index is 13.1. The number of aryl methyl sites for hydroxylation is 1. The number of aliphatic hydroxyl groups is 1. The van der Waals surface area contributed by atoms with E-state index in [1.54, 1.807) is 30.5 Å². The molecular weight excluding hydrogens is 404 g/mol. The summed E-state index contributed by atoms with van der Waals surface area (Å²) in [6, 6.07) is 8.53. The molecule has 0 atom stereocenters. The van der Waals surface area contributed by atoms with Gasteiger partial charge >= 0.3 is 0 Å². The van der Waals surface area contributed by atoms with Crippen LogP contribution in [0.2, 0.25) is 0 Å². The zero-order valence-corrected chi connectivity index (χ0v) is 16.0. The van der Waals surface area contributed by atoms with E-state index in [0.717, 1.165) is 16.5 Å². The number of aromatic nitrogens is 2. The number of nitrogens with zero attached hydrogens (tertiary/aromatic N) is 2. The Balaban J connectivity index is 1.97. The summed E-state index contributed by atoms with van der Waals surface area (Å²) in [6.45, 7) is 1.91. The first kappa shape index (κ1) is 16.8. The van der Waals surface area contributed by atoms with Crippen LogP contribution in [-0.4, -0.2) is 22.5 Å². The number of hydrogen-bond acceptors (Lipinski definition) is 4. The molecule has 1 fully saturated rings. The van der Waals surface area contributed by atoms with Gasteiger partial charge in [0.2, 0.25) is 0 Å². The topological polar surface area (TPSA) is 72.2 Å². The van der Waals surface area contributed by atoms with Crippen molar-refractivity contribution in [2.45, 2.75) is 36.7 Å². The molecule has 0 radical (unpaired) electrons. The van der Waals surface area contributed by atoms with Gasteiger partial charge in [-0.3, -0.25) is 0 Å². The van der Waals surface area contributed by atoms with Crippen LogP contribution in [0.25, 0.3) is 11.0 Å². The summed E-state index contributed by atoms with van der Waals surface area (Å²) in [7, 11) is -3.79. The lowest BCUT2D eigenvalue weighted by Crippen LogP contribution is -2.33. The zero-order chi connectivity index (χ0) is 17.8. The zero-order valence-electron chi connectivity index (χ0n) is 13.6. The van der Waals surface area contributed by atoms with E-state index in [4.69, 9.17) is 0 Å². The van der Waals surface area contributed by atoms with E-state index in [1.165, 1.54) is 10.2 Å². The Morgan fingerprint density at radius 3 is 2.52 bits per heavy atom. The third-order valence-electron chi connectivity index (χ3n) is 4.84. The van der Waals surface area contributed by atoms with Crippen molar-refractivity contribution in [3.8, 4) is 0 Å². The summed E-state index contributed by atoms with van der Waals surface area (Å²) in [5, 5.41) is 11.5. The second-order valence-electron chi connectivity index (χ2n) is 6.57. The number of fused-ring (bicyclic) bond motifs is 1. The summed E-state index contributed by atoms with van der Waals surface area (Å²) in [5.74, 6) is 0. The molecule has 0 unspecified atom stereocenters. The fourth-order valence-corrected chi connectivity index (χ4v) is 4.87. The van der Waals surface area contributed by atoms with E-state index in [2.05, 4.69) is 20.9 Å². The molecular formula is C18H17BrN2O3S. The average molecular weight is 421 g/mol. The van der Waals surface area contributed by atoms with Crippen molar-refractivity contribution in [3.05, 3.63) is 58.3 Å². The summed E-state index contributed by atoms with van der Waals surface area (Å²) >= 11 is 3.38. The Bertz CT molecular complexity index is 1070. The number of rotatable bonds is 3. The molecule has 1 aliphatic carbocycles. The van der Waals surface area contributed by atoms with E-state index in [0.29, 0.717) is 29.4 Å². The Hall–Kier alpha value is -1.70. The van der Waals surface area contributed by atoms with Crippen molar-refractivity contribution in [2.75, 3.05) is 0 Å². The number of hydrogen-bond donors (Lipinski definition) is 1. The highest BCUT2D eigenvalue weighted by atomic mass is 79.9. The molecule has 4 rings (SSSR count). The molecule has 130 valence electrons. The third-order valence-corrected chi connectivity index (χ3v) is 6.94. The van der Waals surface area contributed by atoms with Crippen LogP contribution in [0.5, 0.6) is 0 Å². The van der Waals surface area contributed by atoms with Gasteiger partial charge in [0.15, 0.2) is 5.65 Å². The maximum atomic E-state index is 13.1. The minimum atomic E-state index is -3.79. The van der Waals surface area contributed by atoms with Crippen molar-refractivity contribution < 1.29 is 13.5 Å². The summed E-state index contributed by atoms with van der Waals surface area (Å²) < 4.78 is 28.2. The van der Waals surface area contributed by atoms with Crippen molar-refractivity contribution in [3.63, 3.8) is 0 Å². The second-order valence-corrected chi connectivity index (χ2v) is 9.30. The number of benzene rings is 1. The van der Waals surface area contributed by atoms with Crippen molar-refractivity contribution in [2.24, 2.45) is 0 Å². The Morgan fingerprint density at radius 1 is 1.24 bits per heavy atom. The first-order valence-corrected chi connectivity index (χ1v) is 10.3. The minimum Gasteiger partial charge on any atom is -0.385 e. The second kappa shape index (κ2) is 5.65. The fourth-order valence-electron chi connectivity index (χ4n) is 3.21. The van der Waals surface area contributed by atoms with Crippen LogP contribution in [0.15, 0.2) is 52.1 Å². The molecule has 5 nitrogen and oxygen atoms in total. The fraction of sp³-hybridized carbons (Fsp3) is 0.278. The van der Waals surface area contributed by atoms with E-state index in [9.17, 15) is 13.5 Å². The van der Waals surface area contributed by atoms with E-state index in [1.807, 2.05) is 13.0 Å². The van der Waals surface area contributed by atoms with Crippen LogP contribution in [0.1, 0.15) is 30.4 Å². The normalized spacial score (nSPS) is 16.8. The van der Waals surface area contributed by atoms with Crippen molar-refractivity contribution >= 4 is 37.0 Å². The maximum Gasteiger partial charge on any atom is 0.269 e. The summed E-state index contributed by atoms with van der Waals surface area (Å²) in [4.78, 5) is 4.51. The first-order chi connectivity index (χ1) is 11.8. The standard InChI is InChI=1S/C18H17BrN2O3S/c1-12-3-5-14(6-4-12)25(23,24)21-11-16(18(22)7-2-8-18)15-9-13(19)10-20-17(15)21/h3-6,9-11,22H,2,7-8H2,1H3. The van der Waals surface area contributed by atoms with Crippen LogP contribution in [-0.2, 0) is 15.6 Å². The number of halogens is 1. The van der Waals surface area contributed by atoms with Crippen LogP contribution in [0, 0.1) is 6.92 Å².